The first-order valence-corrected chi connectivity index (χ1v) is 11.0. The highest BCUT2D eigenvalue weighted by atomic mass is 19.1. The van der Waals surface area contributed by atoms with Crippen molar-refractivity contribution in [3.8, 4) is 0 Å². The Morgan fingerprint density at radius 3 is 2.56 bits per heavy atom. The van der Waals surface area contributed by atoms with Gasteiger partial charge in [0.1, 0.15) is 11.6 Å². The van der Waals surface area contributed by atoms with Gasteiger partial charge in [0.15, 0.2) is 0 Å². The third-order valence-corrected chi connectivity index (χ3v) is 5.82. The van der Waals surface area contributed by atoms with Crippen molar-refractivity contribution in [3.05, 3.63) is 107 Å². The van der Waals surface area contributed by atoms with Crippen LogP contribution in [0.15, 0.2) is 73.2 Å². The van der Waals surface area contributed by atoms with Crippen LogP contribution in [0.25, 0.3) is 21.7 Å². The lowest BCUT2D eigenvalue weighted by Crippen LogP contribution is -2.23. The van der Waals surface area contributed by atoms with Crippen molar-refractivity contribution in [1.82, 2.24) is 20.3 Å². The molecule has 0 radical (unpaired) electrons. The topological polar surface area (TPSA) is 131 Å². The largest absolute Gasteiger partial charge is 0.478 e. The van der Waals surface area contributed by atoms with E-state index in [1.807, 2.05) is 24.3 Å². The molecule has 2 aromatic carbocycles. The summed E-state index contributed by atoms with van der Waals surface area (Å²) >= 11 is 0. The predicted octanol–water partition coefficient (Wildman–Crippen LogP) is 4.12. The van der Waals surface area contributed by atoms with Gasteiger partial charge in [-0.3, -0.25) is 14.8 Å². The number of hydrogen-bond donors (Lipinski definition) is 3. The van der Waals surface area contributed by atoms with Crippen LogP contribution in [0.3, 0.4) is 0 Å². The number of benzene rings is 2. The average molecular weight is 481 g/mol. The third kappa shape index (κ3) is 4.67. The minimum Gasteiger partial charge on any atom is -0.478 e. The summed E-state index contributed by atoms with van der Waals surface area (Å²) < 4.78 is 13.7. The molecule has 0 aliphatic heterocycles. The monoisotopic (exact) mass is 481 g/mol. The minimum atomic E-state index is -1.16. The van der Waals surface area contributed by atoms with Crippen LogP contribution in [0.2, 0.25) is 0 Å². The molecule has 178 valence electrons. The molecule has 0 saturated heterocycles. The van der Waals surface area contributed by atoms with Crippen molar-refractivity contribution in [2.75, 3.05) is 5.73 Å². The second-order valence-electron chi connectivity index (χ2n) is 8.32. The number of nitrogens with one attached hydrogen (secondary N) is 1. The van der Waals surface area contributed by atoms with Crippen molar-refractivity contribution >= 4 is 39.4 Å². The second kappa shape index (κ2) is 9.38. The summed E-state index contributed by atoms with van der Waals surface area (Å²) in [4.78, 5) is 36.8. The molecule has 8 nitrogen and oxygen atoms in total. The van der Waals surface area contributed by atoms with Crippen LogP contribution in [-0.2, 0) is 13.0 Å². The number of anilines is 1. The molecule has 0 unspecified atom stereocenters. The van der Waals surface area contributed by atoms with Gasteiger partial charge in [0, 0.05) is 47.4 Å². The Morgan fingerprint density at radius 2 is 1.72 bits per heavy atom. The summed E-state index contributed by atoms with van der Waals surface area (Å²) in [6.07, 6.45) is 4.41. The molecular formula is C27H20FN5O3. The number of carboxylic acid groups (broad SMARTS) is 1. The van der Waals surface area contributed by atoms with Crippen LogP contribution in [0.1, 0.15) is 37.5 Å². The van der Waals surface area contributed by atoms with E-state index in [-0.39, 0.29) is 23.4 Å². The average Bonchev–Trinajstić information content (AvgIpc) is 2.86. The van der Waals surface area contributed by atoms with Crippen LogP contribution in [-0.4, -0.2) is 31.9 Å². The van der Waals surface area contributed by atoms with E-state index in [9.17, 15) is 19.1 Å². The molecular weight excluding hydrogens is 461 g/mol. The fourth-order valence-corrected chi connectivity index (χ4v) is 4.12. The van der Waals surface area contributed by atoms with E-state index in [4.69, 9.17) is 5.73 Å². The fraction of sp³-hybridized carbons (Fsp3) is 0.0741. The molecule has 1 amide bonds. The van der Waals surface area contributed by atoms with Gasteiger partial charge in [-0.15, -0.1) is 0 Å². The van der Waals surface area contributed by atoms with Gasteiger partial charge in [-0.2, -0.15) is 0 Å². The molecule has 36 heavy (non-hydrogen) atoms. The molecule has 5 aromatic rings. The molecule has 5 rings (SSSR count). The highest BCUT2D eigenvalue weighted by Crippen LogP contribution is 2.23. The summed E-state index contributed by atoms with van der Waals surface area (Å²) in [6.45, 7) is 0.319. The summed E-state index contributed by atoms with van der Waals surface area (Å²) in [5.41, 5.74) is 8.59. The van der Waals surface area contributed by atoms with Gasteiger partial charge in [0.05, 0.1) is 17.3 Å². The van der Waals surface area contributed by atoms with Crippen LogP contribution in [0.5, 0.6) is 0 Å². The summed E-state index contributed by atoms with van der Waals surface area (Å²) in [6, 6.07) is 15.2. The molecule has 9 heteroatoms. The number of nitrogens with two attached hydrogens (primary N) is 1. The van der Waals surface area contributed by atoms with E-state index < -0.39 is 11.8 Å². The SMILES string of the molecule is Nc1nccc2cc(CNC(=O)c3ccnc(Cc4cc(C(=O)O)c5ncc(F)cc5c4)c3)ccc12. The molecule has 3 heterocycles. The number of aromatic carboxylic acids is 1. The quantitative estimate of drug-likeness (QED) is 0.332. The summed E-state index contributed by atoms with van der Waals surface area (Å²) in [5, 5.41) is 14.6. The van der Waals surface area contributed by atoms with E-state index in [1.54, 1.807) is 24.4 Å². The highest BCUT2D eigenvalue weighted by Gasteiger charge is 2.14. The lowest BCUT2D eigenvalue weighted by atomic mass is 10.0. The zero-order valence-electron chi connectivity index (χ0n) is 18.9. The van der Waals surface area contributed by atoms with Gasteiger partial charge in [-0.25, -0.2) is 14.2 Å². The van der Waals surface area contributed by atoms with Crippen molar-refractivity contribution < 1.29 is 19.1 Å². The first-order valence-electron chi connectivity index (χ1n) is 11.0. The maximum absolute atomic E-state index is 13.7. The number of hydrogen-bond acceptors (Lipinski definition) is 6. The number of carbonyl (C=O) groups excluding carboxylic acids is 1. The number of nitrogens with zero attached hydrogens (tertiary/aromatic N) is 3. The molecule has 3 aromatic heterocycles. The molecule has 4 N–H and O–H groups in total. The zero-order valence-corrected chi connectivity index (χ0v) is 18.9. The molecule has 0 fully saturated rings. The van der Waals surface area contributed by atoms with Crippen molar-refractivity contribution in [1.29, 1.82) is 0 Å². The van der Waals surface area contributed by atoms with Gasteiger partial charge in [0.25, 0.3) is 5.91 Å². The van der Waals surface area contributed by atoms with E-state index in [1.165, 1.54) is 18.3 Å². The number of fused-ring (bicyclic) bond motifs is 2. The van der Waals surface area contributed by atoms with E-state index in [2.05, 4.69) is 20.3 Å². The molecule has 0 saturated carbocycles. The fourth-order valence-electron chi connectivity index (χ4n) is 4.12. The standard InChI is InChI=1S/C27H20FN5O3/c28-20-11-19-8-16(10-23(27(35)36)24(19)32-14-20)9-21-12-18(4-5-30-21)26(34)33-13-15-1-2-22-17(7-15)3-6-31-25(22)29/h1-8,10-12,14H,9,13H2,(H2,29,31)(H,33,34)(H,35,36). The minimum absolute atomic E-state index is 0.0238. The number of amides is 1. The van der Waals surface area contributed by atoms with Crippen LogP contribution in [0.4, 0.5) is 10.2 Å². The predicted molar refractivity (Wildman–Crippen MR) is 133 cm³/mol. The van der Waals surface area contributed by atoms with Crippen molar-refractivity contribution in [2.45, 2.75) is 13.0 Å². The molecule has 0 bridgehead atoms. The van der Waals surface area contributed by atoms with Crippen molar-refractivity contribution in [3.63, 3.8) is 0 Å². The molecule has 0 aliphatic carbocycles. The Balaban J connectivity index is 1.34. The van der Waals surface area contributed by atoms with Gasteiger partial charge < -0.3 is 16.2 Å². The first-order chi connectivity index (χ1) is 17.4. The Morgan fingerprint density at radius 1 is 0.917 bits per heavy atom. The third-order valence-electron chi connectivity index (χ3n) is 5.82. The lowest BCUT2D eigenvalue weighted by Gasteiger charge is -2.09. The number of nitrogen functional groups attached to an aromatic ring is 1. The van der Waals surface area contributed by atoms with Gasteiger partial charge >= 0.3 is 5.97 Å². The van der Waals surface area contributed by atoms with E-state index >= 15 is 0 Å². The molecule has 0 spiro atoms. The second-order valence-corrected chi connectivity index (χ2v) is 8.32. The van der Waals surface area contributed by atoms with E-state index in [0.29, 0.717) is 34.6 Å². The number of aromatic nitrogens is 3. The van der Waals surface area contributed by atoms with Gasteiger partial charge in [-0.1, -0.05) is 12.1 Å². The van der Waals surface area contributed by atoms with Crippen molar-refractivity contribution in [2.24, 2.45) is 0 Å². The Labute approximate surface area is 204 Å². The normalized spacial score (nSPS) is 11.0. The Kier molecular flexibility index (Phi) is 5.95. The number of carbonyl (C=O) groups is 2. The summed E-state index contributed by atoms with van der Waals surface area (Å²) in [7, 11) is 0. The molecule has 0 aliphatic rings. The number of pyridine rings is 3. The smallest absolute Gasteiger partial charge is 0.337 e. The van der Waals surface area contributed by atoms with Crippen LogP contribution in [0, 0.1) is 5.82 Å². The maximum Gasteiger partial charge on any atom is 0.337 e. The van der Waals surface area contributed by atoms with Gasteiger partial charge in [-0.05, 0) is 59.0 Å². The number of carboxylic acids is 1. The first kappa shape index (κ1) is 22.9. The lowest BCUT2D eigenvalue weighted by molar-refractivity contribution is 0.0698. The maximum atomic E-state index is 13.7. The zero-order chi connectivity index (χ0) is 25.2. The van der Waals surface area contributed by atoms with E-state index in [0.717, 1.165) is 22.5 Å². The number of halogens is 1. The summed E-state index contributed by atoms with van der Waals surface area (Å²) in [5.74, 6) is -1.53. The Hall–Kier alpha value is -4.92. The van der Waals surface area contributed by atoms with Gasteiger partial charge in [0.2, 0.25) is 0 Å². The van der Waals surface area contributed by atoms with Crippen LogP contribution >= 0.6 is 0 Å². The Bertz CT molecular complexity index is 1650. The van der Waals surface area contributed by atoms with Crippen LogP contribution < -0.4 is 11.1 Å². The molecule has 0 atom stereocenters. The number of rotatable bonds is 6. The highest BCUT2D eigenvalue weighted by molar-refractivity contribution is 6.02.